The molecule has 0 spiro atoms. The van der Waals surface area contributed by atoms with E-state index < -0.39 is 0 Å². The first-order valence-electron chi connectivity index (χ1n) is 16.3. The Balaban J connectivity index is 1.39. The van der Waals surface area contributed by atoms with Crippen LogP contribution in [0, 0.1) is 5.82 Å². The van der Waals surface area contributed by atoms with Gasteiger partial charge in [0.05, 0.1) is 39.0 Å². The van der Waals surface area contributed by atoms with E-state index in [1.807, 2.05) is 56.9 Å². The average Bonchev–Trinajstić information content (AvgIpc) is 3.04. The van der Waals surface area contributed by atoms with Crippen molar-refractivity contribution in [2.24, 2.45) is 0 Å². The van der Waals surface area contributed by atoms with Crippen LogP contribution >= 0.6 is 0 Å². The maximum atomic E-state index is 14.1. The molecule has 3 aromatic carbocycles. The van der Waals surface area contributed by atoms with Gasteiger partial charge in [-0.25, -0.2) is 4.39 Å². The minimum absolute atomic E-state index is 0.115. The predicted molar refractivity (Wildman–Crippen MR) is 174 cm³/mol. The Hall–Kier alpha value is -3.98. The van der Waals surface area contributed by atoms with Crippen LogP contribution in [-0.2, 0) is 17.6 Å². The van der Waals surface area contributed by atoms with E-state index in [4.69, 9.17) is 18.9 Å². The molecule has 2 heterocycles. The van der Waals surface area contributed by atoms with Crippen molar-refractivity contribution in [1.29, 1.82) is 0 Å². The number of fused-ring (bicyclic) bond motifs is 1. The molecular formula is C36H46FN3O5. The molecule has 1 amide bonds. The molecule has 45 heavy (non-hydrogen) atoms. The molecule has 0 aromatic heterocycles. The highest BCUT2D eigenvalue weighted by Gasteiger charge is 2.34. The summed E-state index contributed by atoms with van der Waals surface area (Å²) in [6.45, 7) is 14.1. The normalized spacial score (nSPS) is 16.7. The Bertz CT molecular complexity index is 1420. The number of benzene rings is 3. The molecule has 8 nitrogen and oxygen atoms in total. The number of hydrogen-bond donors (Lipinski definition) is 0. The zero-order chi connectivity index (χ0) is 31.8. The molecule has 2 aliphatic rings. The molecule has 5 rings (SSSR count). The third-order valence-corrected chi connectivity index (χ3v) is 8.44. The Morgan fingerprint density at radius 3 is 1.98 bits per heavy atom. The van der Waals surface area contributed by atoms with Gasteiger partial charge in [0.2, 0.25) is 5.91 Å². The summed E-state index contributed by atoms with van der Waals surface area (Å²) in [5.41, 5.74) is 4.35. The Labute approximate surface area is 266 Å². The highest BCUT2D eigenvalue weighted by atomic mass is 19.1. The summed E-state index contributed by atoms with van der Waals surface area (Å²) >= 11 is 0. The molecule has 1 saturated heterocycles. The molecule has 3 aromatic rings. The zero-order valence-electron chi connectivity index (χ0n) is 27.0. The first-order chi connectivity index (χ1) is 21.9. The van der Waals surface area contributed by atoms with Gasteiger partial charge in [0, 0.05) is 38.4 Å². The van der Waals surface area contributed by atoms with E-state index >= 15 is 0 Å². The second-order valence-corrected chi connectivity index (χ2v) is 11.3. The minimum atomic E-state index is -0.234. The van der Waals surface area contributed by atoms with Crippen molar-refractivity contribution in [3.8, 4) is 23.0 Å². The van der Waals surface area contributed by atoms with Crippen LogP contribution in [0.25, 0.3) is 0 Å². The van der Waals surface area contributed by atoms with Crippen molar-refractivity contribution in [3.05, 3.63) is 77.1 Å². The number of nitrogens with zero attached hydrogens (tertiary/aromatic N) is 3. The quantitative estimate of drug-likeness (QED) is 0.236. The summed E-state index contributed by atoms with van der Waals surface area (Å²) in [7, 11) is 0. The number of carbonyl (C=O) groups is 1. The van der Waals surface area contributed by atoms with Crippen molar-refractivity contribution in [2.75, 3.05) is 70.6 Å². The van der Waals surface area contributed by atoms with Crippen molar-refractivity contribution in [1.82, 2.24) is 9.80 Å². The molecule has 0 saturated carbocycles. The molecule has 0 N–H and O–H groups in total. The number of rotatable bonds is 13. The third-order valence-electron chi connectivity index (χ3n) is 8.44. The van der Waals surface area contributed by atoms with E-state index in [-0.39, 0.29) is 17.8 Å². The van der Waals surface area contributed by atoms with E-state index in [0.717, 1.165) is 60.9 Å². The molecule has 242 valence electrons. The summed E-state index contributed by atoms with van der Waals surface area (Å²) in [5, 5.41) is 0. The first kappa shape index (κ1) is 32.4. The maximum Gasteiger partial charge on any atom is 0.237 e. The Kier molecular flexibility index (Phi) is 11.1. The van der Waals surface area contributed by atoms with Crippen LogP contribution in [0.1, 0.15) is 50.4 Å². The van der Waals surface area contributed by atoms with Gasteiger partial charge in [0.1, 0.15) is 5.82 Å². The van der Waals surface area contributed by atoms with Crippen LogP contribution in [0.15, 0.2) is 54.6 Å². The van der Waals surface area contributed by atoms with Crippen LogP contribution in [0.2, 0.25) is 0 Å². The van der Waals surface area contributed by atoms with Crippen LogP contribution in [0.4, 0.5) is 10.1 Å². The van der Waals surface area contributed by atoms with E-state index in [9.17, 15) is 9.18 Å². The number of halogens is 1. The molecule has 2 aliphatic heterocycles. The van der Waals surface area contributed by atoms with Crippen molar-refractivity contribution < 1.29 is 28.1 Å². The lowest BCUT2D eigenvalue weighted by Crippen LogP contribution is -2.51. The molecule has 1 atom stereocenters. The van der Waals surface area contributed by atoms with Crippen molar-refractivity contribution in [3.63, 3.8) is 0 Å². The third kappa shape index (κ3) is 7.82. The molecule has 1 unspecified atom stereocenters. The number of hydrogen-bond acceptors (Lipinski definition) is 7. The standard InChI is InChI=1S/C36H46FN3O5/c1-5-42-32-14-9-26(22-33(32)43-6-2)21-31-30-24-35(45-8-4)34(44-7-3)23-27(30)15-16-40(31)36(41)25-38-17-19-39(20-18-38)29-12-10-28(37)11-13-29/h9-14,22-24,31H,5-8,15-21,25H2,1-4H3. The maximum absolute atomic E-state index is 14.1. The molecule has 0 aliphatic carbocycles. The summed E-state index contributed by atoms with van der Waals surface area (Å²) in [6.07, 6.45) is 1.37. The monoisotopic (exact) mass is 619 g/mol. The fourth-order valence-electron chi connectivity index (χ4n) is 6.31. The number of carbonyl (C=O) groups excluding carboxylic acids is 1. The lowest BCUT2D eigenvalue weighted by Gasteiger charge is -2.40. The van der Waals surface area contributed by atoms with Gasteiger partial charge in [-0.3, -0.25) is 9.69 Å². The van der Waals surface area contributed by atoms with Crippen LogP contribution in [0.5, 0.6) is 23.0 Å². The van der Waals surface area contributed by atoms with Crippen molar-refractivity contribution in [2.45, 2.75) is 46.6 Å². The highest BCUT2D eigenvalue weighted by Crippen LogP contribution is 2.41. The SMILES string of the molecule is CCOc1ccc(CC2c3cc(OCC)c(OCC)cc3CCN2C(=O)CN2CCN(c3ccc(F)cc3)CC2)cc1OCC. The van der Waals surface area contributed by atoms with E-state index in [1.54, 1.807) is 0 Å². The van der Waals surface area contributed by atoms with E-state index in [0.29, 0.717) is 57.4 Å². The molecule has 1 fully saturated rings. The average molecular weight is 620 g/mol. The summed E-state index contributed by atoms with van der Waals surface area (Å²) in [5.74, 6) is 2.77. The Morgan fingerprint density at radius 1 is 0.733 bits per heavy atom. The smallest absolute Gasteiger partial charge is 0.237 e. The van der Waals surface area contributed by atoms with Crippen LogP contribution in [-0.4, -0.2) is 81.4 Å². The first-order valence-corrected chi connectivity index (χ1v) is 16.3. The number of amides is 1. The topological polar surface area (TPSA) is 63.7 Å². The van der Waals surface area contributed by atoms with Gasteiger partial charge in [-0.05, 0) is 106 Å². The number of ether oxygens (including phenoxy) is 4. The largest absolute Gasteiger partial charge is 0.490 e. The second-order valence-electron chi connectivity index (χ2n) is 11.3. The molecular weight excluding hydrogens is 573 g/mol. The predicted octanol–water partition coefficient (Wildman–Crippen LogP) is 5.91. The summed E-state index contributed by atoms with van der Waals surface area (Å²) in [4.78, 5) is 20.6. The fourth-order valence-corrected chi connectivity index (χ4v) is 6.31. The van der Waals surface area contributed by atoms with Gasteiger partial charge in [0.25, 0.3) is 0 Å². The van der Waals surface area contributed by atoms with E-state index in [2.05, 4.69) is 28.0 Å². The van der Waals surface area contributed by atoms with Crippen molar-refractivity contribution >= 4 is 11.6 Å². The zero-order valence-corrected chi connectivity index (χ0v) is 27.0. The van der Waals surface area contributed by atoms with E-state index in [1.165, 1.54) is 17.7 Å². The van der Waals surface area contributed by atoms with Crippen LogP contribution < -0.4 is 23.8 Å². The van der Waals surface area contributed by atoms with Gasteiger partial charge in [-0.15, -0.1) is 0 Å². The number of piperazine rings is 1. The lowest BCUT2D eigenvalue weighted by molar-refractivity contribution is -0.135. The highest BCUT2D eigenvalue weighted by molar-refractivity contribution is 5.79. The second kappa shape index (κ2) is 15.3. The molecule has 0 radical (unpaired) electrons. The molecule has 9 heteroatoms. The van der Waals surface area contributed by atoms with Crippen LogP contribution in [0.3, 0.4) is 0 Å². The summed E-state index contributed by atoms with van der Waals surface area (Å²) < 4.78 is 37.1. The van der Waals surface area contributed by atoms with Gasteiger partial charge >= 0.3 is 0 Å². The van der Waals surface area contributed by atoms with Gasteiger partial charge in [-0.1, -0.05) is 6.07 Å². The molecule has 0 bridgehead atoms. The fraction of sp³-hybridized carbons (Fsp3) is 0.472. The number of anilines is 1. The van der Waals surface area contributed by atoms with Gasteiger partial charge < -0.3 is 28.7 Å². The summed E-state index contributed by atoms with van der Waals surface area (Å²) in [6, 6.07) is 16.7. The van der Waals surface area contributed by atoms with Gasteiger partial charge in [0.15, 0.2) is 23.0 Å². The minimum Gasteiger partial charge on any atom is -0.490 e. The lowest BCUT2D eigenvalue weighted by atomic mass is 9.88. The van der Waals surface area contributed by atoms with Gasteiger partial charge in [-0.2, -0.15) is 0 Å². The Morgan fingerprint density at radius 2 is 1.33 bits per heavy atom.